The Bertz CT molecular complexity index is 626. The first kappa shape index (κ1) is 12.5. The summed E-state index contributed by atoms with van der Waals surface area (Å²) in [5, 5.41) is 0. The predicted octanol–water partition coefficient (Wildman–Crippen LogP) is 3.00. The maximum absolute atomic E-state index is 12.7. The molecule has 3 nitrogen and oxygen atoms in total. The van der Waals surface area contributed by atoms with E-state index < -0.39 is 11.7 Å². The van der Waals surface area contributed by atoms with Crippen LogP contribution in [0.1, 0.15) is 30.3 Å². The van der Waals surface area contributed by atoms with Crippen LogP contribution in [0.3, 0.4) is 0 Å². The van der Waals surface area contributed by atoms with Crippen LogP contribution in [-0.4, -0.2) is 9.55 Å². The van der Waals surface area contributed by atoms with Crippen LogP contribution in [-0.2, 0) is 13.2 Å². The number of nitrogens with two attached hydrogens (primary N) is 1. The lowest BCUT2D eigenvalue weighted by Gasteiger charge is -2.09. The number of fused-ring (bicyclic) bond motifs is 1. The van der Waals surface area contributed by atoms with E-state index >= 15 is 0 Å². The smallest absolute Gasteiger partial charge is 0.330 e. The van der Waals surface area contributed by atoms with Crippen molar-refractivity contribution in [2.24, 2.45) is 18.7 Å². The summed E-state index contributed by atoms with van der Waals surface area (Å²) >= 11 is 0. The minimum absolute atomic E-state index is 0.188. The predicted molar refractivity (Wildman–Crippen MR) is 65.4 cm³/mol. The number of nitrogens with zero attached hydrogens (tertiary/aromatic N) is 2. The van der Waals surface area contributed by atoms with Gasteiger partial charge < -0.3 is 10.3 Å². The SMILES string of the molecule is Cn1c(C(N)C2CC2)nc2cc(C(F)(F)F)ccc21. The van der Waals surface area contributed by atoms with Gasteiger partial charge in [-0.1, -0.05) is 0 Å². The molecule has 0 bridgehead atoms. The van der Waals surface area contributed by atoms with Crippen LogP contribution in [0.5, 0.6) is 0 Å². The molecule has 1 saturated carbocycles. The summed E-state index contributed by atoms with van der Waals surface area (Å²) in [5.41, 5.74) is 6.44. The Balaban J connectivity index is 2.09. The number of hydrogen-bond donors (Lipinski definition) is 1. The largest absolute Gasteiger partial charge is 0.416 e. The van der Waals surface area contributed by atoms with Gasteiger partial charge in [0.25, 0.3) is 0 Å². The molecule has 2 aromatic rings. The molecular formula is C13H14F3N3. The average molecular weight is 269 g/mol. The lowest BCUT2D eigenvalue weighted by molar-refractivity contribution is -0.137. The van der Waals surface area contributed by atoms with Crippen molar-refractivity contribution in [1.82, 2.24) is 9.55 Å². The zero-order chi connectivity index (χ0) is 13.8. The molecule has 0 saturated heterocycles. The number of benzene rings is 1. The average Bonchev–Trinajstić information content (AvgIpc) is 3.13. The van der Waals surface area contributed by atoms with Crippen molar-refractivity contribution in [3.63, 3.8) is 0 Å². The van der Waals surface area contributed by atoms with E-state index in [4.69, 9.17) is 5.73 Å². The minimum atomic E-state index is -4.34. The molecular weight excluding hydrogens is 255 g/mol. The summed E-state index contributed by atoms with van der Waals surface area (Å²) in [6.07, 6.45) is -2.21. The van der Waals surface area contributed by atoms with E-state index in [1.165, 1.54) is 6.07 Å². The molecule has 1 aliphatic rings. The van der Waals surface area contributed by atoms with Crippen molar-refractivity contribution in [2.45, 2.75) is 25.1 Å². The van der Waals surface area contributed by atoms with E-state index in [0.29, 0.717) is 22.8 Å². The van der Waals surface area contributed by atoms with Gasteiger partial charge in [0, 0.05) is 7.05 Å². The summed E-state index contributed by atoms with van der Waals surface area (Å²) in [7, 11) is 1.79. The molecule has 0 spiro atoms. The molecule has 1 fully saturated rings. The van der Waals surface area contributed by atoms with Crippen molar-refractivity contribution in [1.29, 1.82) is 0 Å². The third kappa shape index (κ3) is 2.10. The van der Waals surface area contributed by atoms with E-state index in [9.17, 15) is 13.2 Å². The second-order valence-corrected chi connectivity index (χ2v) is 5.09. The first-order valence-corrected chi connectivity index (χ1v) is 6.17. The van der Waals surface area contributed by atoms with E-state index in [1.807, 2.05) is 0 Å². The molecule has 2 N–H and O–H groups in total. The number of hydrogen-bond acceptors (Lipinski definition) is 2. The Morgan fingerprint density at radius 2 is 2.05 bits per heavy atom. The highest BCUT2D eigenvalue weighted by Crippen LogP contribution is 2.40. The summed E-state index contributed by atoms with van der Waals surface area (Å²) in [6, 6.07) is 3.43. The number of rotatable bonds is 2. The first-order chi connectivity index (χ1) is 8.88. The quantitative estimate of drug-likeness (QED) is 0.910. The molecule has 1 aliphatic carbocycles. The Hall–Kier alpha value is -1.56. The maximum atomic E-state index is 12.7. The Labute approximate surface area is 108 Å². The van der Waals surface area contributed by atoms with Crippen LogP contribution in [0.25, 0.3) is 11.0 Å². The zero-order valence-corrected chi connectivity index (χ0v) is 10.4. The standard InChI is InChI=1S/C13H14F3N3/c1-19-10-5-4-8(13(14,15)16)6-9(10)18-12(19)11(17)7-2-3-7/h4-7,11H,2-3,17H2,1H3. The van der Waals surface area contributed by atoms with E-state index in [2.05, 4.69) is 4.98 Å². The number of aromatic nitrogens is 2. The Morgan fingerprint density at radius 1 is 1.37 bits per heavy atom. The summed E-state index contributed by atoms with van der Waals surface area (Å²) in [4.78, 5) is 4.29. The molecule has 19 heavy (non-hydrogen) atoms. The van der Waals surface area contributed by atoms with Gasteiger partial charge in [-0.3, -0.25) is 0 Å². The topological polar surface area (TPSA) is 43.8 Å². The van der Waals surface area contributed by atoms with Crippen molar-refractivity contribution >= 4 is 11.0 Å². The second kappa shape index (κ2) is 3.96. The molecule has 6 heteroatoms. The zero-order valence-electron chi connectivity index (χ0n) is 10.4. The number of halogens is 3. The number of aryl methyl sites for hydroxylation is 1. The molecule has 0 radical (unpaired) electrons. The van der Waals surface area contributed by atoms with Crippen LogP contribution in [0, 0.1) is 5.92 Å². The summed E-state index contributed by atoms with van der Waals surface area (Å²) in [6.45, 7) is 0. The monoisotopic (exact) mass is 269 g/mol. The fourth-order valence-electron chi connectivity index (χ4n) is 2.36. The lowest BCUT2D eigenvalue weighted by Crippen LogP contribution is -2.17. The Morgan fingerprint density at radius 3 is 2.63 bits per heavy atom. The van der Waals surface area contributed by atoms with Crippen molar-refractivity contribution in [3.05, 3.63) is 29.6 Å². The molecule has 1 aromatic heterocycles. The molecule has 0 amide bonds. The maximum Gasteiger partial charge on any atom is 0.416 e. The van der Waals surface area contributed by atoms with Gasteiger partial charge in [-0.25, -0.2) is 4.98 Å². The van der Waals surface area contributed by atoms with Gasteiger partial charge in [0.05, 0.1) is 22.6 Å². The third-order valence-corrected chi connectivity index (χ3v) is 3.67. The fourth-order valence-corrected chi connectivity index (χ4v) is 2.36. The number of alkyl halides is 3. The normalized spacial score (nSPS) is 17.9. The molecule has 0 aliphatic heterocycles. The van der Waals surface area contributed by atoms with Crippen molar-refractivity contribution in [2.75, 3.05) is 0 Å². The fraction of sp³-hybridized carbons (Fsp3) is 0.462. The van der Waals surface area contributed by atoms with E-state index in [-0.39, 0.29) is 6.04 Å². The van der Waals surface area contributed by atoms with Crippen LogP contribution < -0.4 is 5.73 Å². The van der Waals surface area contributed by atoms with Gasteiger partial charge in [-0.2, -0.15) is 13.2 Å². The summed E-state index contributed by atoms with van der Waals surface area (Å²) < 4.78 is 39.8. The molecule has 102 valence electrons. The summed E-state index contributed by atoms with van der Waals surface area (Å²) in [5.74, 6) is 1.08. The van der Waals surface area contributed by atoms with Gasteiger partial charge in [-0.15, -0.1) is 0 Å². The van der Waals surface area contributed by atoms with Crippen molar-refractivity contribution in [3.8, 4) is 0 Å². The van der Waals surface area contributed by atoms with Gasteiger partial charge in [0.15, 0.2) is 0 Å². The lowest BCUT2D eigenvalue weighted by atomic mass is 10.2. The first-order valence-electron chi connectivity index (χ1n) is 6.17. The Kier molecular flexibility index (Phi) is 2.60. The van der Waals surface area contributed by atoms with Gasteiger partial charge >= 0.3 is 6.18 Å². The molecule has 1 unspecified atom stereocenters. The number of imidazole rings is 1. The van der Waals surface area contributed by atoms with Crippen LogP contribution in [0.2, 0.25) is 0 Å². The van der Waals surface area contributed by atoms with Gasteiger partial charge in [-0.05, 0) is 37.0 Å². The molecule has 1 atom stereocenters. The third-order valence-electron chi connectivity index (χ3n) is 3.67. The highest BCUT2D eigenvalue weighted by atomic mass is 19.4. The van der Waals surface area contributed by atoms with E-state index in [1.54, 1.807) is 11.6 Å². The molecule has 1 heterocycles. The van der Waals surface area contributed by atoms with Crippen molar-refractivity contribution < 1.29 is 13.2 Å². The minimum Gasteiger partial charge on any atom is -0.330 e. The molecule has 1 aromatic carbocycles. The van der Waals surface area contributed by atoms with Crippen LogP contribution in [0.15, 0.2) is 18.2 Å². The van der Waals surface area contributed by atoms with Gasteiger partial charge in [0.1, 0.15) is 5.82 Å². The van der Waals surface area contributed by atoms with E-state index in [0.717, 1.165) is 25.0 Å². The highest BCUT2D eigenvalue weighted by molar-refractivity contribution is 5.77. The second-order valence-electron chi connectivity index (χ2n) is 5.09. The molecule has 3 rings (SSSR count). The van der Waals surface area contributed by atoms with Crippen LogP contribution >= 0.6 is 0 Å². The highest BCUT2D eigenvalue weighted by Gasteiger charge is 2.34. The van der Waals surface area contributed by atoms with Crippen LogP contribution in [0.4, 0.5) is 13.2 Å². The van der Waals surface area contributed by atoms with Gasteiger partial charge in [0.2, 0.25) is 0 Å².